The molecule has 15 heavy (non-hydrogen) atoms. The quantitative estimate of drug-likeness (QED) is 0.753. The van der Waals surface area contributed by atoms with E-state index in [0.29, 0.717) is 4.99 Å². The number of hydrogen-bond acceptors (Lipinski definition) is 3. The molecule has 0 radical (unpaired) electrons. The predicted molar refractivity (Wildman–Crippen MR) is 73.5 cm³/mol. The van der Waals surface area contributed by atoms with Crippen molar-refractivity contribution in [2.75, 3.05) is 25.1 Å². The van der Waals surface area contributed by atoms with Crippen molar-refractivity contribution in [2.45, 2.75) is 32.7 Å². The van der Waals surface area contributed by atoms with Gasteiger partial charge in [0.05, 0.1) is 4.99 Å². The molecule has 2 nitrogen and oxygen atoms in total. The molecule has 0 aromatic carbocycles. The number of thioether (sulfide) groups is 1. The van der Waals surface area contributed by atoms with E-state index >= 15 is 0 Å². The second-order valence-corrected chi connectivity index (χ2v) is 6.59. The maximum atomic E-state index is 5.72. The Morgan fingerprint density at radius 1 is 1.60 bits per heavy atom. The number of nitrogens with zero attached hydrogens (tertiary/aromatic N) is 1. The van der Waals surface area contributed by atoms with Crippen LogP contribution < -0.4 is 5.73 Å². The van der Waals surface area contributed by atoms with Crippen LogP contribution in [0.5, 0.6) is 0 Å². The van der Waals surface area contributed by atoms with Gasteiger partial charge in [-0.3, -0.25) is 0 Å². The third-order valence-corrected chi connectivity index (χ3v) is 4.98. The first kappa shape index (κ1) is 13.3. The first-order valence-corrected chi connectivity index (χ1v) is 7.07. The molecule has 0 bridgehead atoms. The van der Waals surface area contributed by atoms with Crippen molar-refractivity contribution in [1.82, 2.24) is 4.90 Å². The Morgan fingerprint density at radius 3 is 2.73 bits per heavy atom. The zero-order valence-corrected chi connectivity index (χ0v) is 11.6. The lowest BCUT2D eigenvalue weighted by Gasteiger charge is -2.29. The van der Waals surface area contributed by atoms with Crippen LogP contribution in [0.15, 0.2) is 0 Å². The smallest absolute Gasteiger partial charge is 0.0784 e. The van der Waals surface area contributed by atoms with E-state index in [9.17, 15) is 0 Å². The molecule has 0 amide bonds. The number of rotatable bonds is 5. The Bertz CT molecular complexity index is 223. The average molecular weight is 246 g/mol. The molecule has 0 spiro atoms. The topological polar surface area (TPSA) is 29.3 Å². The molecular weight excluding hydrogens is 224 g/mol. The van der Waals surface area contributed by atoms with Gasteiger partial charge in [-0.2, -0.15) is 11.8 Å². The highest BCUT2D eigenvalue weighted by molar-refractivity contribution is 7.99. The van der Waals surface area contributed by atoms with E-state index in [1.54, 1.807) is 0 Å². The Kier molecular flexibility index (Phi) is 4.87. The van der Waals surface area contributed by atoms with Crippen LogP contribution in [0.3, 0.4) is 0 Å². The van der Waals surface area contributed by atoms with E-state index < -0.39 is 0 Å². The number of nitrogens with two attached hydrogens (primary N) is 1. The minimum absolute atomic E-state index is 0.00462. The van der Waals surface area contributed by atoms with Gasteiger partial charge in [0.15, 0.2) is 0 Å². The zero-order chi connectivity index (χ0) is 11.5. The first-order valence-electron chi connectivity index (χ1n) is 5.51. The molecule has 2 N–H and O–H groups in total. The van der Waals surface area contributed by atoms with Crippen LogP contribution in [0.25, 0.3) is 0 Å². The monoisotopic (exact) mass is 246 g/mol. The molecular formula is C11H22N2S2. The second-order valence-electron chi connectivity index (χ2n) is 5.00. The summed E-state index contributed by atoms with van der Waals surface area (Å²) in [7, 11) is 2.21. The Morgan fingerprint density at radius 2 is 2.27 bits per heavy atom. The molecule has 1 rings (SSSR count). The third kappa shape index (κ3) is 3.93. The lowest BCUT2D eigenvalue weighted by molar-refractivity contribution is 0.237. The standard InChI is InChI=1S/C11H22N2S2/c1-11(2,10(12)14)5-6-13(3)9-4-7-15-8-9/h9H,4-8H2,1-3H3,(H2,12,14). The van der Waals surface area contributed by atoms with Crippen molar-refractivity contribution in [2.24, 2.45) is 11.1 Å². The average Bonchev–Trinajstić information content (AvgIpc) is 2.66. The summed E-state index contributed by atoms with van der Waals surface area (Å²) in [4.78, 5) is 3.09. The van der Waals surface area contributed by atoms with Crippen LogP contribution in [0.4, 0.5) is 0 Å². The van der Waals surface area contributed by atoms with Crippen LogP contribution in [0, 0.1) is 5.41 Å². The SMILES string of the molecule is CN(CCC(C)(C)C(N)=S)C1CCSC1. The lowest BCUT2D eigenvalue weighted by atomic mass is 9.89. The van der Waals surface area contributed by atoms with E-state index in [-0.39, 0.29) is 5.41 Å². The number of hydrogen-bond donors (Lipinski definition) is 1. The zero-order valence-electron chi connectivity index (χ0n) is 9.95. The minimum atomic E-state index is -0.00462. The summed E-state index contributed by atoms with van der Waals surface area (Å²) in [5, 5.41) is 0. The Hall–Kier alpha value is 0.200. The molecule has 1 atom stereocenters. The van der Waals surface area contributed by atoms with Crippen molar-refractivity contribution in [3.05, 3.63) is 0 Å². The summed E-state index contributed by atoms with van der Waals surface area (Å²) in [5.74, 6) is 2.59. The molecule has 1 aliphatic rings. The normalized spacial score (nSPS) is 22.3. The van der Waals surface area contributed by atoms with Crippen LogP contribution in [0.2, 0.25) is 0 Å². The Balaban J connectivity index is 2.32. The van der Waals surface area contributed by atoms with Crippen LogP contribution >= 0.6 is 24.0 Å². The summed E-state index contributed by atoms with van der Waals surface area (Å²) in [6.07, 6.45) is 2.38. The molecule has 1 heterocycles. The van der Waals surface area contributed by atoms with Crippen molar-refractivity contribution in [3.8, 4) is 0 Å². The fourth-order valence-electron chi connectivity index (χ4n) is 1.63. The molecule has 0 saturated carbocycles. The molecule has 1 saturated heterocycles. The molecule has 1 aliphatic heterocycles. The number of thiocarbonyl (C=S) groups is 1. The van der Waals surface area contributed by atoms with Gasteiger partial charge in [-0.1, -0.05) is 26.1 Å². The fraction of sp³-hybridized carbons (Fsp3) is 0.909. The van der Waals surface area contributed by atoms with Crippen molar-refractivity contribution in [3.63, 3.8) is 0 Å². The molecule has 0 aromatic heterocycles. The van der Waals surface area contributed by atoms with Crippen LogP contribution in [-0.4, -0.2) is 41.0 Å². The van der Waals surface area contributed by atoms with Gasteiger partial charge in [-0.25, -0.2) is 0 Å². The highest BCUT2D eigenvalue weighted by Crippen LogP contribution is 2.25. The third-order valence-electron chi connectivity index (χ3n) is 3.29. The van der Waals surface area contributed by atoms with E-state index in [1.165, 1.54) is 17.9 Å². The molecule has 0 aromatic rings. The maximum absolute atomic E-state index is 5.72. The predicted octanol–water partition coefficient (Wildman–Crippen LogP) is 2.13. The van der Waals surface area contributed by atoms with Gasteiger partial charge in [0.25, 0.3) is 0 Å². The van der Waals surface area contributed by atoms with E-state index in [2.05, 4.69) is 37.6 Å². The van der Waals surface area contributed by atoms with Gasteiger partial charge < -0.3 is 10.6 Å². The summed E-state index contributed by atoms with van der Waals surface area (Å²) in [6, 6.07) is 0.761. The highest BCUT2D eigenvalue weighted by Gasteiger charge is 2.25. The molecule has 1 unspecified atom stereocenters. The van der Waals surface area contributed by atoms with Crippen molar-refractivity contribution in [1.29, 1.82) is 0 Å². The van der Waals surface area contributed by atoms with Gasteiger partial charge >= 0.3 is 0 Å². The first-order chi connectivity index (χ1) is 6.93. The second kappa shape index (κ2) is 5.51. The van der Waals surface area contributed by atoms with Gasteiger partial charge in [0.2, 0.25) is 0 Å². The van der Waals surface area contributed by atoms with Crippen LogP contribution in [-0.2, 0) is 0 Å². The summed E-state index contributed by atoms with van der Waals surface area (Å²) < 4.78 is 0. The van der Waals surface area contributed by atoms with Crippen molar-refractivity contribution >= 4 is 29.0 Å². The molecule has 0 aliphatic carbocycles. The highest BCUT2D eigenvalue weighted by atomic mass is 32.2. The van der Waals surface area contributed by atoms with E-state index in [1.807, 2.05) is 0 Å². The van der Waals surface area contributed by atoms with Gasteiger partial charge in [0, 0.05) is 17.2 Å². The van der Waals surface area contributed by atoms with Crippen LogP contribution in [0.1, 0.15) is 26.7 Å². The van der Waals surface area contributed by atoms with Gasteiger partial charge in [0.1, 0.15) is 0 Å². The van der Waals surface area contributed by atoms with Gasteiger partial charge in [-0.15, -0.1) is 0 Å². The van der Waals surface area contributed by atoms with Crippen molar-refractivity contribution < 1.29 is 0 Å². The van der Waals surface area contributed by atoms with E-state index in [4.69, 9.17) is 18.0 Å². The Labute approximate surface area is 103 Å². The lowest BCUT2D eigenvalue weighted by Crippen LogP contribution is -2.37. The fourth-order valence-corrected chi connectivity index (χ4v) is 3.03. The van der Waals surface area contributed by atoms with E-state index in [0.717, 1.165) is 19.0 Å². The maximum Gasteiger partial charge on any atom is 0.0784 e. The summed E-state index contributed by atoms with van der Waals surface area (Å²) in [6.45, 7) is 5.36. The molecule has 4 heteroatoms. The largest absolute Gasteiger partial charge is 0.393 e. The summed E-state index contributed by atoms with van der Waals surface area (Å²) >= 11 is 7.13. The van der Waals surface area contributed by atoms with Gasteiger partial charge in [-0.05, 0) is 32.2 Å². The summed E-state index contributed by atoms with van der Waals surface area (Å²) in [5.41, 5.74) is 5.71. The minimum Gasteiger partial charge on any atom is -0.393 e. The molecule has 88 valence electrons. The molecule has 1 fully saturated rings.